The zero-order valence-corrected chi connectivity index (χ0v) is 7.85. The average Bonchev–Trinajstić information content (AvgIpc) is 2.34. The monoisotopic (exact) mass is 198 g/mol. The maximum atomic E-state index is 11.1. The van der Waals surface area contributed by atoms with Gasteiger partial charge in [-0.05, 0) is 12.2 Å². The van der Waals surface area contributed by atoms with Gasteiger partial charge < -0.3 is 9.47 Å². The minimum atomic E-state index is -1.02. The quantitative estimate of drug-likeness (QED) is 0.583. The number of ketones is 1. The molecule has 2 unspecified atom stereocenters. The standard InChI is InChI=1S/C9H10O5/c1-5(10)13-8-4-3-7(12)9(8)14-6(2)11/h3-4,8-9H,1-2H3. The molecule has 5 nitrogen and oxygen atoms in total. The molecule has 0 saturated heterocycles. The van der Waals surface area contributed by atoms with Crippen LogP contribution in [0.25, 0.3) is 0 Å². The van der Waals surface area contributed by atoms with Crippen LogP contribution in [-0.4, -0.2) is 29.9 Å². The third kappa shape index (κ3) is 2.42. The number of ether oxygens (including phenoxy) is 2. The molecule has 76 valence electrons. The summed E-state index contributed by atoms with van der Waals surface area (Å²) in [5.74, 6) is -1.47. The predicted octanol–water partition coefficient (Wildman–Crippen LogP) is -0.0113. The molecule has 0 aromatic heterocycles. The average molecular weight is 198 g/mol. The third-order valence-corrected chi connectivity index (χ3v) is 1.62. The van der Waals surface area contributed by atoms with Gasteiger partial charge >= 0.3 is 11.9 Å². The van der Waals surface area contributed by atoms with Crippen molar-refractivity contribution in [1.82, 2.24) is 0 Å². The lowest BCUT2D eigenvalue weighted by Crippen LogP contribution is -2.34. The van der Waals surface area contributed by atoms with Gasteiger partial charge in [-0.2, -0.15) is 0 Å². The van der Waals surface area contributed by atoms with Gasteiger partial charge in [-0.1, -0.05) is 0 Å². The molecule has 0 N–H and O–H groups in total. The van der Waals surface area contributed by atoms with Crippen LogP contribution >= 0.6 is 0 Å². The topological polar surface area (TPSA) is 69.7 Å². The summed E-state index contributed by atoms with van der Waals surface area (Å²) < 4.78 is 9.48. The first-order valence-electron chi connectivity index (χ1n) is 4.07. The highest BCUT2D eigenvalue weighted by molar-refractivity contribution is 5.98. The first-order valence-corrected chi connectivity index (χ1v) is 4.07. The van der Waals surface area contributed by atoms with Crippen LogP contribution in [0.5, 0.6) is 0 Å². The Bertz CT molecular complexity index is 304. The van der Waals surface area contributed by atoms with E-state index in [4.69, 9.17) is 9.47 Å². The number of carbonyl (C=O) groups excluding carboxylic acids is 3. The summed E-state index contributed by atoms with van der Waals surface area (Å²) in [4.78, 5) is 32.4. The van der Waals surface area contributed by atoms with Crippen molar-refractivity contribution in [2.24, 2.45) is 0 Å². The van der Waals surface area contributed by atoms with Gasteiger partial charge in [-0.15, -0.1) is 0 Å². The lowest BCUT2D eigenvalue weighted by molar-refractivity contribution is -0.163. The number of hydrogen-bond acceptors (Lipinski definition) is 5. The van der Waals surface area contributed by atoms with Crippen LogP contribution in [0.1, 0.15) is 13.8 Å². The Morgan fingerprint density at radius 1 is 1.21 bits per heavy atom. The van der Waals surface area contributed by atoms with Gasteiger partial charge in [0.2, 0.25) is 6.10 Å². The summed E-state index contributed by atoms with van der Waals surface area (Å²) >= 11 is 0. The summed E-state index contributed by atoms with van der Waals surface area (Å²) in [6.45, 7) is 2.41. The Morgan fingerprint density at radius 2 is 1.79 bits per heavy atom. The molecule has 0 aliphatic heterocycles. The summed E-state index contributed by atoms with van der Waals surface area (Å²) in [7, 11) is 0. The molecule has 14 heavy (non-hydrogen) atoms. The van der Waals surface area contributed by atoms with Crippen LogP contribution in [0.2, 0.25) is 0 Å². The highest BCUT2D eigenvalue weighted by Gasteiger charge is 2.35. The van der Waals surface area contributed by atoms with E-state index in [1.807, 2.05) is 0 Å². The van der Waals surface area contributed by atoms with Crippen LogP contribution in [0, 0.1) is 0 Å². The molecule has 0 radical (unpaired) electrons. The van der Waals surface area contributed by atoms with Gasteiger partial charge in [-0.3, -0.25) is 14.4 Å². The van der Waals surface area contributed by atoms with Crippen molar-refractivity contribution in [3.8, 4) is 0 Å². The molecule has 0 spiro atoms. The van der Waals surface area contributed by atoms with Gasteiger partial charge in [-0.25, -0.2) is 0 Å². The van der Waals surface area contributed by atoms with E-state index in [2.05, 4.69) is 0 Å². The molecule has 1 rings (SSSR count). The fourth-order valence-corrected chi connectivity index (χ4v) is 1.14. The Balaban J connectivity index is 2.65. The van der Waals surface area contributed by atoms with Crippen molar-refractivity contribution in [3.63, 3.8) is 0 Å². The van der Waals surface area contributed by atoms with Crippen LogP contribution in [0.3, 0.4) is 0 Å². The van der Waals surface area contributed by atoms with E-state index in [1.54, 1.807) is 0 Å². The molecule has 0 amide bonds. The van der Waals surface area contributed by atoms with E-state index in [9.17, 15) is 14.4 Å². The lowest BCUT2D eigenvalue weighted by atomic mass is 10.2. The van der Waals surface area contributed by atoms with Crippen LogP contribution in [0.15, 0.2) is 12.2 Å². The Kier molecular flexibility index (Phi) is 3.01. The Labute approximate surface area is 80.7 Å². The predicted molar refractivity (Wildman–Crippen MR) is 45.3 cm³/mol. The lowest BCUT2D eigenvalue weighted by Gasteiger charge is -2.17. The fraction of sp³-hybridized carbons (Fsp3) is 0.444. The Morgan fingerprint density at radius 3 is 2.29 bits per heavy atom. The largest absolute Gasteiger partial charge is 0.454 e. The van der Waals surface area contributed by atoms with Gasteiger partial charge in [0.15, 0.2) is 11.9 Å². The first-order chi connectivity index (χ1) is 6.50. The number of hydrogen-bond donors (Lipinski definition) is 0. The van der Waals surface area contributed by atoms with Gasteiger partial charge in [0.05, 0.1) is 0 Å². The molecule has 0 fully saturated rings. The number of rotatable bonds is 2. The molecule has 0 heterocycles. The van der Waals surface area contributed by atoms with Gasteiger partial charge in [0, 0.05) is 13.8 Å². The minimum Gasteiger partial charge on any atom is -0.454 e. The van der Waals surface area contributed by atoms with Gasteiger partial charge in [0.25, 0.3) is 0 Å². The summed E-state index contributed by atoms with van der Waals surface area (Å²) in [6.07, 6.45) is 0.832. The van der Waals surface area contributed by atoms with Crippen molar-refractivity contribution in [1.29, 1.82) is 0 Å². The van der Waals surface area contributed by atoms with Crippen molar-refractivity contribution in [3.05, 3.63) is 12.2 Å². The maximum Gasteiger partial charge on any atom is 0.303 e. The zero-order valence-electron chi connectivity index (χ0n) is 7.85. The summed E-state index contributed by atoms with van der Waals surface area (Å²) in [6, 6.07) is 0. The number of esters is 2. The smallest absolute Gasteiger partial charge is 0.303 e. The van der Waals surface area contributed by atoms with Crippen LogP contribution < -0.4 is 0 Å². The zero-order chi connectivity index (χ0) is 10.7. The van der Waals surface area contributed by atoms with Crippen molar-refractivity contribution in [2.45, 2.75) is 26.1 Å². The second kappa shape index (κ2) is 4.04. The van der Waals surface area contributed by atoms with E-state index in [-0.39, 0.29) is 5.78 Å². The van der Waals surface area contributed by atoms with Crippen molar-refractivity contribution < 1.29 is 23.9 Å². The normalized spacial score (nSPS) is 24.9. The highest BCUT2D eigenvalue weighted by Crippen LogP contribution is 2.15. The Hall–Kier alpha value is -1.65. The second-order valence-electron chi connectivity index (χ2n) is 2.87. The molecule has 0 bridgehead atoms. The van der Waals surface area contributed by atoms with E-state index >= 15 is 0 Å². The van der Waals surface area contributed by atoms with Crippen LogP contribution in [-0.2, 0) is 23.9 Å². The summed E-state index contributed by atoms with van der Waals surface area (Å²) in [5, 5.41) is 0. The van der Waals surface area contributed by atoms with Crippen LogP contribution in [0.4, 0.5) is 0 Å². The van der Waals surface area contributed by atoms with E-state index < -0.39 is 24.1 Å². The second-order valence-corrected chi connectivity index (χ2v) is 2.87. The highest BCUT2D eigenvalue weighted by atomic mass is 16.6. The maximum absolute atomic E-state index is 11.1. The molecule has 1 aliphatic rings. The molecule has 1 aliphatic carbocycles. The van der Waals surface area contributed by atoms with E-state index in [0.29, 0.717) is 0 Å². The molecule has 0 saturated carbocycles. The first kappa shape index (κ1) is 10.4. The molecule has 5 heteroatoms. The van der Waals surface area contributed by atoms with Crippen molar-refractivity contribution >= 4 is 17.7 Å². The molecule has 0 aromatic rings. The summed E-state index contributed by atoms with van der Waals surface area (Å²) in [5.41, 5.74) is 0. The SMILES string of the molecule is CC(=O)OC1C=CC(=O)C1OC(C)=O. The van der Waals surface area contributed by atoms with Crippen molar-refractivity contribution in [2.75, 3.05) is 0 Å². The molecular weight excluding hydrogens is 188 g/mol. The van der Waals surface area contributed by atoms with E-state index in [1.165, 1.54) is 26.0 Å². The van der Waals surface area contributed by atoms with E-state index in [0.717, 1.165) is 0 Å². The third-order valence-electron chi connectivity index (χ3n) is 1.62. The minimum absolute atomic E-state index is 0.369. The molecular formula is C9H10O5. The molecule has 2 atom stereocenters. The number of carbonyl (C=O) groups is 3. The van der Waals surface area contributed by atoms with Gasteiger partial charge in [0.1, 0.15) is 0 Å². The molecule has 0 aromatic carbocycles. The fourth-order valence-electron chi connectivity index (χ4n) is 1.14.